The lowest BCUT2D eigenvalue weighted by Gasteiger charge is -2.17. The number of benzene rings is 2. The summed E-state index contributed by atoms with van der Waals surface area (Å²) in [5, 5.41) is 20.9. The van der Waals surface area contributed by atoms with E-state index in [-0.39, 0.29) is 17.2 Å². The molecule has 0 radical (unpaired) electrons. The third-order valence-corrected chi connectivity index (χ3v) is 4.95. The lowest BCUT2D eigenvalue weighted by molar-refractivity contribution is -0.384. The summed E-state index contributed by atoms with van der Waals surface area (Å²) in [6.07, 6.45) is 2.00. The van der Waals surface area contributed by atoms with Gasteiger partial charge in [-0.1, -0.05) is 12.1 Å². The van der Waals surface area contributed by atoms with Crippen molar-refractivity contribution in [1.82, 2.24) is 15.2 Å². The van der Waals surface area contributed by atoms with E-state index in [1.807, 2.05) is 23.1 Å². The molecule has 1 aromatic heterocycles. The molecule has 1 saturated heterocycles. The minimum absolute atomic E-state index is 0.0622. The van der Waals surface area contributed by atoms with E-state index in [2.05, 4.69) is 20.5 Å². The van der Waals surface area contributed by atoms with Gasteiger partial charge in [0.25, 0.3) is 11.6 Å². The second kappa shape index (κ2) is 8.19. The first-order valence-corrected chi connectivity index (χ1v) is 9.47. The lowest BCUT2D eigenvalue weighted by Crippen LogP contribution is -2.20. The quantitative estimate of drug-likeness (QED) is 0.473. The Bertz CT molecular complexity index is 1090. The Hall–Kier alpha value is -3.95. The van der Waals surface area contributed by atoms with Gasteiger partial charge in [0.15, 0.2) is 5.82 Å². The molecule has 1 aliphatic heterocycles. The molecule has 10 nitrogen and oxygen atoms in total. The highest BCUT2D eigenvalue weighted by atomic mass is 16.6. The smallest absolute Gasteiger partial charge is 0.293 e. The van der Waals surface area contributed by atoms with Crippen molar-refractivity contribution in [1.29, 1.82) is 0 Å². The maximum Gasteiger partial charge on any atom is 0.293 e. The van der Waals surface area contributed by atoms with Gasteiger partial charge in [0.1, 0.15) is 11.4 Å². The van der Waals surface area contributed by atoms with Crippen LogP contribution in [0.15, 0.2) is 42.5 Å². The molecule has 0 saturated carbocycles. The first-order chi connectivity index (χ1) is 14.6. The van der Waals surface area contributed by atoms with Crippen molar-refractivity contribution in [3.8, 4) is 17.1 Å². The Morgan fingerprint density at radius 2 is 2.00 bits per heavy atom. The molecule has 1 aliphatic rings. The van der Waals surface area contributed by atoms with Crippen LogP contribution in [-0.2, 0) is 0 Å². The van der Waals surface area contributed by atoms with Crippen LogP contribution in [0.5, 0.6) is 5.75 Å². The number of carbonyl (C=O) groups is 1. The van der Waals surface area contributed by atoms with Gasteiger partial charge in [-0.25, -0.2) is 0 Å². The summed E-state index contributed by atoms with van der Waals surface area (Å²) >= 11 is 0. The van der Waals surface area contributed by atoms with Crippen molar-refractivity contribution < 1.29 is 14.5 Å². The molecule has 3 aromatic rings. The third kappa shape index (κ3) is 3.79. The molecule has 2 N–H and O–H groups in total. The molecule has 0 aliphatic carbocycles. The van der Waals surface area contributed by atoms with Gasteiger partial charge in [-0.15, -0.1) is 5.10 Å². The van der Waals surface area contributed by atoms with E-state index < -0.39 is 10.8 Å². The number of aromatic nitrogens is 3. The first-order valence-electron chi connectivity index (χ1n) is 9.47. The van der Waals surface area contributed by atoms with E-state index in [4.69, 9.17) is 4.74 Å². The Morgan fingerprint density at radius 3 is 2.73 bits per heavy atom. The fourth-order valence-electron chi connectivity index (χ4n) is 3.49. The van der Waals surface area contributed by atoms with Gasteiger partial charge in [0.2, 0.25) is 5.95 Å². The van der Waals surface area contributed by atoms with Crippen LogP contribution in [0.1, 0.15) is 23.2 Å². The van der Waals surface area contributed by atoms with Gasteiger partial charge in [-0.05, 0) is 37.1 Å². The molecule has 10 heteroatoms. The van der Waals surface area contributed by atoms with E-state index in [1.54, 1.807) is 25.3 Å². The van der Waals surface area contributed by atoms with E-state index in [9.17, 15) is 14.9 Å². The second-order valence-corrected chi connectivity index (χ2v) is 6.82. The molecule has 2 heterocycles. The molecule has 1 amide bonds. The zero-order valence-corrected chi connectivity index (χ0v) is 16.3. The number of nitro groups is 1. The number of ether oxygens (including phenoxy) is 1. The maximum atomic E-state index is 12.6. The molecule has 2 aromatic carbocycles. The van der Waals surface area contributed by atoms with Crippen LogP contribution in [0.3, 0.4) is 0 Å². The van der Waals surface area contributed by atoms with Crippen molar-refractivity contribution in [2.75, 3.05) is 30.4 Å². The summed E-state index contributed by atoms with van der Waals surface area (Å²) < 4.78 is 5.31. The number of hydrogen-bond donors (Lipinski definition) is 2. The summed E-state index contributed by atoms with van der Waals surface area (Å²) in [5.41, 5.74) is 1.30. The molecule has 1 fully saturated rings. The average Bonchev–Trinajstić information content (AvgIpc) is 3.45. The van der Waals surface area contributed by atoms with E-state index in [0.29, 0.717) is 22.8 Å². The molecule has 0 unspecified atom stereocenters. The van der Waals surface area contributed by atoms with Crippen LogP contribution in [-0.4, -0.2) is 46.2 Å². The SMILES string of the molecule is COc1ccccc1-c1nc(NC(=O)c2ccc(N3CCCC3)c([N+](=O)[O-])c2)n[nH]1. The van der Waals surface area contributed by atoms with Crippen LogP contribution in [0, 0.1) is 10.1 Å². The largest absolute Gasteiger partial charge is 0.496 e. The summed E-state index contributed by atoms with van der Waals surface area (Å²) in [6.45, 7) is 1.55. The van der Waals surface area contributed by atoms with Gasteiger partial charge in [0, 0.05) is 24.7 Å². The zero-order chi connectivity index (χ0) is 21.1. The van der Waals surface area contributed by atoms with E-state index in [1.165, 1.54) is 6.07 Å². The molecular weight excluding hydrogens is 388 g/mol. The van der Waals surface area contributed by atoms with Gasteiger partial charge in [-0.3, -0.25) is 25.3 Å². The number of nitro benzene ring substituents is 1. The number of H-pyrrole nitrogens is 1. The van der Waals surface area contributed by atoms with Crippen molar-refractivity contribution in [2.45, 2.75) is 12.8 Å². The fraction of sp³-hybridized carbons (Fsp3) is 0.250. The Balaban J connectivity index is 1.55. The van der Waals surface area contributed by atoms with Crippen molar-refractivity contribution in [2.24, 2.45) is 0 Å². The predicted octanol–water partition coefficient (Wildman–Crippen LogP) is 3.24. The number of amides is 1. The van der Waals surface area contributed by atoms with Crippen LogP contribution >= 0.6 is 0 Å². The van der Waals surface area contributed by atoms with Gasteiger partial charge in [0.05, 0.1) is 17.6 Å². The number of nitrogens with one attached hydrogen (secondary N) is 2. The monoisotopic (exact) mass is 408 g/mol. The Labute approximate surface area is 172 Å². The van der Waals surface area contributed by atoms with Crippen LogP contribution in [0.4, 0.5) is 17.3 Å². The van der Waals surface area contributed by atoms with Gasteiger partial charge < -0.3 is 9.64 Å². The molecule has 0 atom stereocenters. The number of hydrogen-bond acceptors (Lipinski definition) is 7. The van der Waals surface area contributed by atoms with Crippen molar-refractivity contribution in [3.63, 3.8) is 0 Å². The van der Waals surface area contributed by atoms with Gasteiger partial charge in [-0.2, -0.15) is 4.98 Å². The lowest BCUT2D eigenvalue weighted by atomic mass is 10.1. The zero-order valence-electron chi connectivity index (χ0n) is 16.3. The number of nitrogens with zero attached hydrogens (tertiary/aromatic N) is 4. The first kappa shape index (κ1) is 19.4. The minimum atomic E-state index is -0.531. The number of anilines is 2. The van der Waals surface area contributed by atoms with Crippen LogP contribution < -0.4 is 15.0 Å². The predicted molar refractivity (Wildman–Crippen MR) is 111 cm³/mol. The Kier molecular flexibility index (Phi) is 5.29. The number of rotatable bonds is 6. The average molecular weight is 408 g/mol. The second-order valence-electron chi connectivity index (χ2n) is 6.82. The number of methoxy groups -OCH3 is 1. The maximum absolute atomic E-state index is 12.6. The van der Waals surface area contributed by atoms with Crippen molar-refractivity contribution in [3.05, 3.63) is 58.1 Å². The molecule has 0 spiro atoms. The fourth-order valence-corrected chi connectivity index (χ4v) is 3.49. The highest BCUT2D eigenvalue weighted by Gasteiger charge is 2.24. The van der Waals surface area contributed by atoms with E-state index >= 15 is 0 Å². The third-order valence-electron chi connectivity index (χ3n) is 4.95. The van der Waals surface area contributed by atoms with Crippen LogP contribution in [0.25, 0.3) is 11.4 Å². The molecule has 0 bridgehead atoms. The topological polar surface area (TPSA) is 126 Å². The highest BCUT2D eigenvalue weighted by molar-refractivity contribution is 6.04. The molecule has 154 valence electrons. The van der Waals surface area contributed by atoms with Crippen molar-refractivity contribution >= 4 is 23.2 Å². The number of aromatic amines is 1. The van der Waals surface area contributed by atoms with E-state index in [0.717, 1.165) is 25.9 Å². The molecular formula is C20H20N6O4. The minimum Gasteiger partial charge on any atom is -0.496 e. The van der Waals surface area contributed by atoms with Gasteiger partial charge >= 0.3 is 0 Å². The number of para-hydroxylation sites is 1. The molecule has 30 heavy (non-hydrogen) atoms. The normalized spacial score (nSPS) is 13.3. The highest BCUT2D eigenvalue weighted by Crippen LogP contribution is 2.32. The van der Waals surface area contributed by atoms with Crippen LogP contribution in [0.2, 0.25) is 0 Å². The summed E-state index contributed by atoms with van der Waals surface area (Å²) in [4.78, 5) is 29.9. The summed E-state index contributed by atoms with van der Waals surface area (Å²) in [5.74, 6) is 0.571. The molecule has 4 rings (SSSR count). The standard InChI is InChI=1S/C20H20N6O4/c1-30-17-7-3-2-6-14(17)18-21-20(24-23-18)22-19(27)13-8-9-15(16(12-13)26(28)29)25-10-4-5-11-25/h2-3,6-9,12H,4-5,10-11H2,1H3,(H2,21,22,23,24,27). The summed E-state index contributed by atoms with van der Waals surface area (Å²) in [6, 6.07) is 11.7. The number of carbonyl (C=O) groups excluding carboxylic acids is 1. The Morgan fingerprint density at radius 1 is 1.23 bits per heavy atom. The summed E-state index contributed by atoms with van der Waals surface area (Å²) in [7, 11) is 1.55.